The summed E-state index contributed by atoms with van der Waals surface area (Å²) in [6.45, 7) is 4.95. The number of hydrogen-bond donors (Lipinski definition) is 3. The number of sulfonamides is 1. The average Bonchev–Trinajstić information content (AvgIpc) is 2.30. The highest BCUT2D eigenvalue weighted by atomic mass is 35.5. The second-order valence-corrected chi connectivity index (χ2v) is 6.98. The van der Waals surface area contributed by atoms with Crippen molar-refractivity contribution in [3.8, 4) is 0 Å². The van der Waals surface area contributed by atoms with Crippen LogP contribution in [0.1, 0.15) is 19.4 Å². The lowest BCUT2D eigenvalue weighted by molar-refractivity contribution is -0.120. The van der Waals surface area contributed by atoms with Crippen LogP contribution < -0.4 is 16.2 Å². The Labute approximate surface area is 123 Å². The number of nitrogens with two attached hydrogens (primary N) is 2. The fourth-order valence-corrected chi connectivity index (χ4v) is 3.65. The van der Waals surface area contributed by atoms with Gasteiger partial charge < -0.3 is 11.5 Å². The van der Waals surface area contributed by atoms with Gasteiger partial charge in [0.05, 0.1) is 4.90 Å². The molecule has 0 aromatic heterocycles. The predicted molar refractivity (Wildman–Crippen MR) is 78.7 cm³/mol. The van der Waals surface area contributed by atoms with Crippen molar-refractivity contribution in [3.63, 3.8) is 0 Å². The maximum atomic E-state index is 12.3. The third kappa shape index (κ3) is 3.62. The van der Waals surface area contributed by atoms with Gasteiger partial charge in [-0.05, 0) is 30.5 Å². The van der Waals surface area contributed by atoms with Crippen molar-refractivity contribution in [2.24, 2.45) is 11.7 Å². The molecule has 8 heteroatoms. The topological polar surface area (TPSA) is 115 Å². The molecular weight excluding hydrogens is 302 g/mol. The van der Waals surface area contributed by atoms with E-state index in [1.807, 2.05) is 0 Å². The Morgan fingerprint density at radius 1 is 1.35 bits per heavy atom. The number of primary amides is 1. The summed E-state index contributed by atoms with van der Waals surface area (Å²) in [7, 11) is -3.94. The summed E-state index contributed by atoms with van der Waals surface area (Å²) in [5.74, 6) is -1.02. The monoisotopic (exact) mass is 319 g/mol. The van der Waals surface area contributed by atoms with Gasteiger partial charge in [0.15, 0.2) is 0 Å². The van der Waals surface area contributed by atoms with E-state index in [2.05, 4.69) is 4.72 Å². The molecule has 0 radical (unpaired) electrons. The molecule has 6 nitrogen and oxygen atoms in total. The highest BCUT2D eigenvalue weighted by Crippen LogP contribution is 2.26. The van der Waals surface area contributed by atoms with Crippen LogP contribution in [0.5, 0.6) is 0 Å². The minimum absolute atomic E-state index is 0.0607. The molecule has 1 unspecified atom stereocenters. The van der Waals surface area contributed by atoms with Crippen molar-refractivity contribution >= 4 is 33.2 Å². The van der Waals surface area contributed by atoms with Crippen LogP contribution in [-0.2, 0) is 14.8 Å². The van der Waals surface area contributed by atoms with Gasteiger partial charge in [0, 0.05) is 10.7 Å². The smallest absolute Gasteiger partial charge is 0.241 e. The standard InChI is InChI=1S/C12H18ClN3O3S/c1-6(2)11(12(15)17)16-20(18,19)10-5-8(13)4-9(14)7(10)3/h4-6,11,16H,14H2,1-3H3,(H2,15,17). The first-order valence-corrected chi connectivity index (χ1v) is 7.79. The van der Waals surface area contributed by atoms with Crippen molar-refractivity contribution < 1.29 is 13.2 Å². The largest absolute Gasteiger partial charge is 0.398 e. The number of anilines is 1. The molecule has 0 aliphatic carbocycles. The van der Waals surface area contributed by atoms with Crippen molar-refractivity contribution in [3.05, 3.63) is 22.7 Å². The van der Waals surface area contributed by atoms with Gasteiger partial charge in [0.1, 0.15) is 6.04 Å². The normalized spacial score (nSPS) is 13.4. The number of hydrogen-bond acceptors (Lipinski definition) is 4. The van der Waals surface area contributed by atoms with Crippen LogP contribution in [-0.4, -0.2) is 20.4 Å². The fourth-order valence-electron chi connectivity index (χ4n) is 1.71. The number of nitrogen functional groups attached to an aromatic ring is 1. The zero-order chi connectivity index (χ0) is 15.7. The zero-order valence-corrected chi connectivity index (χ0v) is 13.0. The van der Waals surface area contributed by atoms with Crippen molar-refractivity contribution in [2.45, 2.75) is 31.7 Å². The molecule has 0 heterocycles. The van der Waals surface area contributed by atoms with Gasteiger partial charge in [-0.1, -0.05) is 25.4 Å². The zero-order valence-electron chi connectivity index (χ0n) is 11.5. The van der Waals surface area contributed by atoms with E-state index in [4.69, 9.17) is 23.1 Å². The Morgan fingerprint density at radius 3 is 2.35 bits per heavy atom. The molecule has 5 N–H and O–H groups in total. The number of halogens is 1. The Bertz CT molecular complexity index is 629. The lowest BCUT2D eigenvalue weighted by Crippen LogP contribution is -2.47. The van der Waals surface area contributed by atoms with E-state index in [0.29, 0.717) is 5.56 Å². The van der Waals surface area contributed by atoms with Crippen molar-refractivity contribution in [1.29, 1.82) is 0 Å². The van der Waals surface area contributed by atoms with E-state index in [1.54, 1.807) is 20.8 Å². The van der Waals surface area contributed by atoms with Crippen LogP contribution >= 0.6 is 11.6 Å². The number of amides is 1. The Kier molecular flexibility index (Phi) is 5.01. The van der Waals surface area contributed by atoms with E-state index in [0.717, 1.165) is 0 Å². The van der Waals surface area contributed by atoms with Gasteiger partial charge >= 0.3 is 0 Å². The molecule has 1 aromatic carbocycles. The van der Waals surface area contributed by atoms with Crippen LogP contribution in [0.4, 0.5) is 5.69 Å². The maximum Gasteiger partial charge on any atom is 0.241 e. The van der Waals surface area contributed by atoms with Gasteiger partial charge in [0.25, 0.3) is 0 Å². The summed E-state index contributed by atoms with van der Waals surface area (Å²) in [4.78, 5) is 11.3. The van der Waals surface area contributed by atoms with Gasteiger partial charge in [-0.25, -0.2) is 8.42 Å². The maximum absolute atomic E-state index is 12.3. The van der Waals surface area contributed by atoms with E-state index < -0.39 is 22.0 Å². The lowest BCUT2D eigenvalue weighted by atomic mass is 10.1. The molecule has 1 amide bonds. The van der Waals surface area contributed by atoms with Crippen LogP contribution in [0.2, 0.25) is 5.02 Å². The number of carbonyl (C=O) groups is 1. The van der Waals surface area contributed by atoms with Gasteiger partial charge in [-0.2, -0.15) is 4.72 Å². The molecule has 1 atom stereocenters. The van der Waals surface area contributed by atoms with E-state index >= 15 is 0 Å². The van der Waals surface area contributed by atoms with Gasteiger partial charge in [-0.15, -0.1) is 0 Å². The average molecular weight is 320 g/mol. The van der Waals surface area contributed by atoms with Crippen LogP contribution in [0.15, 0.2) is 17.0 Å². The molecule has 1 rings (SSSR count). The number of rotatable bonds is 5. The third-order valence-electron chi connectivity index (χ3n) is 2.91. The molecule has 0 aliphatic heterocycles. The quantitative estimate of drug-likeness (QED) is 0.702. The van der Waals surface area contributed by atoms with Crippen LogP contribution in [0.25, 0.3) is 0 Å². The SMILES string of the molecule is Cc1c(N)cc(Cl)cc1S(=O)(=O)NC(C(N)=O)C(C)C. The number of carbonyl (C=O) groups excluding carboxylic acids is 1. The third-order valence-corrected chi connectivity index (χ3v) is 4.70. The summed E-state index contributed by atoms with van der Waals surface area (Å²) in [5.41, 5.74) is 11.5. The Morgan fingerprint density at radius 2 is 1.90 bits per heavy atom. The minimum atomic E-state index is -3.94. The van der Waals surface area contributed by atoms with Crippen molar-refractivity contribution in [1.82, 2.24) is 4.72 Å². The molecule has 112 valence electrons. The van der Waals surface area contributed by atoms with E-state index in [1.165, 1.54) is 12.1 Å². The van der Waals surface area contributed by atoms with E-state index in [9.17, 15) is 13.2 Å². The fraction of sp³-hybridized carbons (Fsp3) is 0.417. The molecular formula is C12H18ClN3O3S. The summed E-state index contributed by atoms with van der Waals surface area (Å²) >= 11 is 5.83. The molecule has 0 fully saturated rings. The molecule has 0 bridgehead atoms. The number of nitrogens with one attached hydrogen (secondary N) is 1. The minimum Gasteiger partial charge on any atom is -0.398 e. The first kappa shape index (κ1) is 16.7. The van der Waals surface area contributed by atoms with Crippen molar-refractivity contribution in [2.75, 3.05) is 5.73 Å². The predicted octanol–water partition coefficient (Wildman–Crippen LogP) is 1.02. The number of benzene rings is 1. The Balaban J connectivity index is 3.27. The molecule has 1 aromatic rings. The highest BCUT2D eigenvalue weighted by molar-refractivity contribution is 7.89. The van der Waals surface area contributed by atoms with Gasteiger partial charge in [0.2, 0.25) is 15.9 Å². The van der Waals surface area contributed by atoms with Crippen LogP contribution in [0.3, 0.4) is 0 Å². The van der Waals surface area contributed by atoms with E-state index in [-0.39, 0.29) is 21.5 Å². The summed E-state index contributed by atoms with van der Waals surface area (Å²) in [5, 5.41) is 0.202. The summed E-state index contributed by atoms with van der Waals surface area (Å²) in [6.07, 6.45) is 0. The first-order chi connectivity index (χ1) is 9.06. The second-order valence-electron chi connectivity index (χ2n) is 4.86. The first-order valence-electron chi connectivity index (χ1n) is 5.93. The lowest BCUT2D eigenvalue weighted by Gasteiger charge is -2.20. The molecule has 0 spiro atoms. The molecule has 20 heavy (non-hydrogen) atoms. The Hall–Kier alpha value is -1.31. The second kappa shape index (κ2) is 5.99. The summed E-state index contributed by atoms with van der Waals surface area (Å²) in [6, 6.07) is 1.75. The summed E-state index contributed by atoms with van der Waals surface area (Å²) < 4.78 is 27.0. The highest BCUT2D eigenvalue weighted by Gasteiger charge is 2.28. The molecule has 0 saturated carbocycles. The van der Waals surface area contributed by atoms with Gasteiger partial charge in [-0.3, -0.25) is 4.79 Å². The molecule has 0 aliphatic rings. The molecule has 0 saturated heterocycles. The van der Waals surface area contributed by atoms with Crippen LogP contribution in [0, 0.1) is 12.8 Å².